The van der Waals surface area contributed by atoms with Crippen LogP contribution in [0.5, 0.6) is 0 Å². The Morgan fingerprint density at radius 2 is 2.33 bits per heavy atom. The molecule has 0 aliphatic rings. The maximum Gasteiger partial charge on any atom is 0.333 e. The van der Waals surface area contributed by atoms with Crippen LogP contribution in [-0.4, -0.2) is 14.9 Å². The number of hydrogen-bond donors (Lipinski definition) is 2. The zero-order valence-corrected chi connectivity index (χ0v) is 7.49. The molecule has 0 aliphatic carbocycles. The molecule has 1 aromatic heterocycles. The molecule has 2 N–H and O–H groups in total. The normalized spacial score (nSPS) is 11.9. The number of rotatable bonds is 3. The summed E-state index contributed by atoms with van der Waals surface area (Å²) in [5.41, 5.74) is 0.707. The van der Waals surface area contributed by atoms with E-state index in [-0.39, 0.29) is 11.9 Å². The lowest BCUT2D eigenvalue weighted by atomic mass is 10.3. The fourth-order valence-electron chi connectivity index (χ4n) is 0.800. The summed E-state index contributed by atoms with van der Waals surface area (Å²) in [6, 6.07) is 1.55. The smallest absolute Gasteiger partial charge is 0.333 e. The standard InChI is InChI=1S/C6H10NO4P/c1-2-5-3-6(11-7-5)4-12(8,9)10/h3H,2,4H2,1H3,(H2,8,9,10). The Labute approximate surface area is 69.5 Å². The highest BCUT2D eigenvalue weighted by Gasteiger charge is 2.17. The van der Waals surface area contributed by atoms with Crippen LogP contribution in [0.4, 0.5) is 0 Å². The molecule has 0 saturated heterocycles. The van der Waals surface area contributed by atoms with Gasteiger partial charge in [-0.25, -0.2) is 0 Å². The Balaban J connectivity index is 2.71. The second kappa shape index (κ2) is 3.39. The lowest BCUT2D eigenvalue weighted by molar-refractivity contribution is 0.349. The van der Waals surface area contributed by atoms with Crippen LogP contribution in [0.25, 0.3) is 0 Å². The van der Waals surface area contributed by atoms with Gasteiger partial charge in [-0.2, -0.15) is 0 Å². The van der Waals surface area contributed by atoms with Crippen LogP contribution >= 0.6 is 7.60 Å². The Bertz CT molecular complexity index is 302. The fraction of sp³-hybridized carbons (Fsp3) is 0.500. The van der Waals surface area contributed by atoms with Crippen molar-refractivity contribution in [2.45, 2.75) is 19.5 Å². The molecule has 0 fully saturated rings. The highest BCUT2D eigenvalue weighted by molar-refractivity contribution is 7.50. The van der Waals surface area contributed by atoms with Crippen LogP contribution in [0.15, 0.2) is 10.6 Å². The van der Waals surface area contributed by atoms with Crippen molar-refractivity contribution in [2.75, 3.05) is 0 Å². The Morgan fingerprint density at radius 1 is 1.67 bits per heavy atom. The summed E-state index contributed by atoms with van der Waals surface area (Å²) in [6.45, 7) is 1.89. The Kier molecular flexibility index (Phi) is 2.67. The van der Waals surface area contributed by atoms with Crippen molar-refractivity contribution in [1.82, 2.24) is 5.16 Å². The average Bonchev–Trinajstić information content (AvgIpc) is 2.32. The molecule has 68 valence electrons. The third-order valence-corrected chi connectivity index (χ3v) is 2.06. The van der Waals surface area contributed by atoms with E-state index in [1.807, 2.05) is 6.92 Å². The number of aromatic nitrogens is 1. The summed E-state index contributed by atoms with van der Waals surface area (Å²) < 4.78 is 15.2. The molecule has 0 atom stereocenters. The molecule has 0 spiro atoms. The van der Waals surface area contributed by atoms with Gasteiger partial charge in [0.15, 0.2) is 0 Å². The van der Waals surface area contributed by atoms with Gasteiger partial charge < -0.3 is 14.3 Å². The van der Waals surface area contributed by atoms with Crippen molar-refractivity contribution < 1.29 is 18.9 Å². The summed E-state index contributed by atoms with van der Waals surface area (Å²) in [7, 11) is -4.02. The molecule has 1 heterocycles. The molecular formula is C6H10NO4P. The monoisotopic (exact) mass is 191 g/mol. The second-order valence-corrected chi connectivity index (χ2v) is 4.11. The fourth-order valence-corrected chi connectivity index (χ4v) is 1.35. The summed E-state index contributed by atoms with van der Waals surface area (Å²) in [5.74, 6) is 0.236. The van der Waals surface area contributed by atoms with Crippen molar-refractivity contribution in [3.05, 3.63) is 17.5 Å². The molecule has 6 heteroatoms. The highest BCUT2D eigenvalue weighted by atomic mass is 31.2. The zero-order chi connectivity index (χ0) is 9.19. The lowest BCUT2D eigenvalue weighted by Crippen LogP contribution is -1.83. The summed E-state index contributed by atoms with van der Waals surface area (Å²) in [4.78, 5) is 17.2. The largest absolute Gasteiger partial charge is 0.360 e. The van der Waals surface area contributed by atoms with Crippen molar-refractivity contribution in [2.24, 2.45) is 0 Å². The van der Waals surface area contributed by atoms with E-state index in [0.717, 1.165) is 0 Å². The Hall–Kier alpha value is -0.640. The van der Waals surface area contributed by atoms with Gasteiger partial charge in [0.2, 0.25) is 0 Å². The van der Waals surface area contributed by atoms with E-state index in [9.17, 15) is 4.57 Å². The maximum atomic E-state index is 10.5. The van der Waals surface area contributed by atoms with E-state index in [1.54, 1.807) is 6.07 Å². The van der Waals surface area contributed by atoms with Gasteiger partial charge in [-0.05, 0) is 6.42 Å². The first-order valence-corrected chi connectivity index (χ1v) is 5.30. The minimum absolute atomic E-state index is 0.236. The topological polar surface area (TPSA) is 83.6 Å². The lowest BCUT2D eigenvalue weighted by Gasteiger charge is -1.97. The first-order chi connectivity index (χ1) is 5.51. The summed E-state index contributed by atoms with van der Waals surface area (Å²) >= 11 is 0. The first kappa shape index (κ1) is 9.45. The minimum atomic E-state index is -4.02. The third-order valence-electron chi connectivity index (χ3n) is 1.33. The molecule has 0 aromatic carbocycles. The first-order valence-electron chi connectivity index (χ1n) is 3.50. The summed E-state index contributed by atoms with van der Waals surface area (Å²) in [5, 5.41) is 3.60. The second-order valence-electron chi connectivity index (χ2n) is 2.46. The van der Waals surface area contributed by atoms with E-state index < -0.39 is 7.60 Å². The number of aryl methyl sites for hydroxylation is 1. The molecule has 0 amide bonds. The molecule has 0 aliphatic heterocycles. The molecule has 1 aromatic rings. The SMILES string of the molecule is CCc1cc(CP(=O)(O)O)on1. The molecule has 0 unspecified atom stereocenters. The van der Waals surface area contributed by atoms with Crippen LogP contribution in [0.3, 0.4) is 0 Å². The summed E-state index contributed by atoms with van der Waals surface area (Å²) in [6.07, 6.45) is 0.324. The van der Waals surface area contributed by atoms with Crippen molar-refractivity contribution >= 4 is 7.60 Å². The zero-order valence-electron chi connectivity index (χ0n) is 6.60. The molecule has 0 bridgehead atoms. The number of hydrogen-bond acceptors (Lipinski definition) is 3. The maximum absolute atomic E-state index is 10.5. The van der Waals surface area contributed by atoms with Gasteiger partial charge in [-0.15, -0.1) is 0 Å². The predicted octanol–water partition coefficient (Wildman–Crippen LogP) is 0.915. The third kappa shape index (κ3) is 2.77. The van der Waals surface area contributed by atoms with Gasteiger partial charge in [0.25, 0.3) is 0 Å². The van der Waals surface area contributed by atoms with Crippen LogP contribution in [0.2, 0.25) is 0 Å². The van der Waals surface area contributed by atoms with E-state index in [1.165, 1.54) is 0 Å². The van der Waals surface area contributed by atoms with Gasteiger partial charge in [0, 0.05) is 6.07 Å². The molecule has 0 saturated carbocycles. The van der Waals surface area contributed by atoms with Gasteiger partial charge in [-0.1, -0.05) is 12.1 Å². The van der Waals surface area contributed by atoms with Crippen molar-refractivity contribution in [3.8, 4) is 0 Å². The van der Waals surface area contributed by atoms with Gasteiger partial charge in [0.1, 0.15) is 11.9 Å². The average molecular weight is 191 g/mol. The van der Waals surface area contributed by atoms with Crippen LogP contribution in [-0.2, 0) is 17.1 Å². The quantitative estimate of drug-likeness (QED) is 0.694. The van der Waals surface area contributed by atoms with Crippen molar-refractivity contribution in [3.63, 3.8) is 0 Å². The Morgan fingerprint density at radius 3 is 2.75 bits per heavy atom. The number of nitrogens with zero attached hydrogens (tertiary/aromatic N) is 1. The molecule has 1 rings (SSSR count). The predicted molar refractivity (Wildman–Crippen MR) is 41.6 cm³/mol. The highest BCUT2D eigenvalue weighted by Crippen LogP contribution is 2.38. The van der Waals surface area contributed by atoms with E-state index in [4.69, 9.17) is 9.79 Å². The molecule has 0 radical (unpaired) electrons. The minimum Gasteiger partial charge on any atom is -0.360 e. The van der Waals surface area contributed by atoms with Crippen LogP contribution in [0, 0.1) is 0 Å². The molecule has 12 heavy (non-hydrogen) atoms. The molecule has 5 nitrogen and oxygen atoms in total. The van der Waals surface area contributed by atoms with E-state index in [2.05, 4.69) is 9.68 Å². The van der Waals surface area contributed by atoms with E-state index >= 15 is 0 Å². The van der Waals surface area contributed by atoms with Crippen molar-refractivity contribution in [1.29, 1.82) is 0 Å². The van der Waals surface area contributed by atoms with Gasteiger partial charge in [0.05, 0.1) is 5.69 Å². The molecular weight excluding hydrogens is 181 g/mol. The van der Waals surface area contributed by atoms with Gasteiger partial charge >= 0.3 is 7.60 Å². The van der Waals surface area contributed by atoms with Gasteiger partial charge in [-0.3, -0.25) is 4.57 Å². The van der Waals surface area contributed by atoms with Crippen LogP contribution in [0.1, 0.15) is 18.4 Å². The van der Waals surface area contributed by atoms with E-state index in [0.29, 0.717) is 12.1 Å². The van der Waals surface area contributed by atoms with Crippen LogP contribution < -0.4 is 0 Å².